The van der Waals surface area contributed by atoms with Gasteiger partial charge in [-0.3, -0.25) is 4.57 Å². The standard InChI is InChI=1S/C16H17N5O2/c1-4-19(2)15(22)21-12-10-17-13(11-8-6-5-7-9-11)18-14(12)20(3)16(21)23/h5-10H,4H2,1-3H3. The Kier molecular flexibility index (Phi) is 3.69. The molecule has 0 fully saturated rings. The Balaban J connectivity index is 2.21. The van der Waals surface area contributed by atoms with E-state index in [0.29, 0.717) is 23.5 Å². The van der Waals surface area contributed by atoms with Gasteiger partial charge in [0.15, 0.2) is 11.5 Å². The van der Waals surface area contributed by atoms with Crippen molar-refractivity contribution in [3.05, 3.63) is 47.0 Å². The highest BCUT2D eigenvalue weighted by atomic mass is 16.2. The van der Waals surface area contributed by atoms with Crippen LogP contribution in [0.15, 0.2) is 41.3 Å². The highest BCUT2D eigenvalue weighted by Crippen LogP contribution is 2.17. The highest BCUT2D eigenvalue weighted by Gasteiger charge is 2.20. The minimum absolute atomic E-state index is 0.390. The summed E-state index contributed by atoms with van der Waals surface area (Å²) in [7, 11) is 3.25. The third-order valence-corrected chi connectivity index (χ3v) is 3.81. The molecule has 2 aromatic heterocycles. The monoisotopic (exact) mass is 311 g/mol. The Bertz CT molecular complexity index is 927. The topological polar surface area (TPSA) is 73.0 Å². The molecule has 1 amide bonds. The maximum Gasteiger partial charge on any atom is 0.338 e. The first kappa shape index (κ1) is 15.0. The first-order valence-electron chi connectivity index (χ1n) is 7.30. The number of hydrogen-bond acceptors (Lipinski definition) is 4. The minimum Gasteiger partial charge on any atom is -0.327 e. The van der Waals surface area contributed by atoms with Crippen LogP contribution >= 0.6 is 0 Å². The van der Waals surface area contributed by atoms with Crippen molar-refractivity contribution >= 4 is 17.2 Å². The second-order valence-electron chi connectivity index (χ2n) is 5.24. The Hall–Kier alpha value is -2.96. The molecule has 7 heteroatoms. The largest absolute Gasteiger partial charge is 0.338 e. The second kappa shape index (κ2) is 5.68. The number of fused-ring (bicyclic) bond motifs is 1. The third kappa shape index (κ3) is 2.40. The van der Waals surface area contributed by atoms with E-state index in [1.54, 1.807) is 14.1 Å². The lowest BCUT2D eigenvalue weighted by atomic mass is 10.2. The van der Waals surface area contributed by atoms with Crippen molar-refractivity contribution in [2.75, 3.05) is 13.6 Å². The maximum absolute atomic E-state index is 12.4. The molecule has 0 saturated heterocycles. The lowest BCUT2D eigenvalue weighted by Gasteiger charge is -2.14. The molecule has 0 aliphatic heterocycles. The van der Waals surface area contributed by atoms with Gasteiger partial charge in [0.1, 0.15) is 5.52 Å². The fourth-order valence-corrected chi connectivity index (χ4v) is 2.33. The summed E-state index contributed by atoms with van der Waals surface area (Å²) in [6.45, 7) is 2.35. The summed E-state index contributed by atoms with van der Waals surface area (Å²) in [5.41, 5.74) is 1.26. The average Bonchev–Trinajstić information content (AvgIpc) is 2.85. The summed E-state index contributed by atoms with van der Waals surface area (Å²) >= 11 is 0. The van der Waals surface area contributed by atoms with E-state index in [4.69, 9.17) is 0 Å². The molecule has 0 aliphatic carbocycles. The number of aromatic nitrogens is 4. The molecule has 7 nitrogen and oxygen atoms in total. The number of carbonyl (C=O) groups is 1. The van der Waals surface area contributed by atoms with E-state index in [0.717, 1.165) is 10.1 Å². The molecule has 0 radical (unpaired) electrons. The molecule has 23 heavy (non-hydrogen) atoms. The van der Waals surface area contributed by atoms with Gasteiger partial charge in [-0.1, -0.05) is 30.3 Å². The number of hydrogen-bond donors (Lipinski definition) is 0. The van der Waals surface area contributed by atoms with Gasteiger partial charge in [-0.05, 0) is 6.92 Å². The predicted octanol–water partition coefficient (Wildman–Crippen LogP) is 1.72. The highest BCUT2D eigenvalue weighted by molar-refractivity contribution is 5.88. The molecule has 0 saturated carbocycles. The number of aryl methyl sites for hydroxylation is 1. The normalized spacial score (nSPS) is 10.9. The van der Waals surface area contributed by atoms with Crippen molar-refractivity contribution in [1.29, 1.82) is 0 Å². The summed E-state index contributed by atoms with van der Waals surface area (Å²) < 4.78 is 2.47. The van der Waals surface area contributed by atoms with Gasteiger partial charge in [0.05, 0.1) is 6.20 Å². The van der Waals surface area contributed by atoms with Crippen molar-refractivity contribution in [2.45, 2.75) is 6.92 Å². The predicted molar refractivity (Wildman–Crippen MR) is 87.3 cm³/mol. The van der Waals surface area contributed by atoms with Crippen LogP contribution in [0.5, 0.6) is 0 Å². The molecule has 3 aromatic rings. The van der Waals surface area contributed by atoms with E-state index < -0.39 is 5.69 Å². The summed E-state index contributed by atoms with van der Waals surface area (Å²) in [6.07, 6.45) is 1.52. The fourth-order valence-electron chi connectivity index (χ4n) is 2.33. The molecule has 0 spiro atoms. The van der Waals surface area contributed by atoms with E-state index in [1.807, 2.05) is 37.3 Å². The second-order valence-corrected chi connectivity index (χ2v) is 5.24. The molecular weight excluding hydrogens is 294 g/mol. The third-order valence-electron chi connectivity index (χ3n) is 3.81. The maximum atomic E-state index is 12.4. The number of carbonyl (C=O) groups excluding carboxylic acids is 1. The van der Waals surface area contributed by atoms with E-state index >= 15 is 0 Å². The quantitative estimate of drug-likeness (QED) is 0.722. The zero-order chi connectivity index (χ0) is 16.6. The van der Waals surface area contributed by atoms with Gasteiger partial charge < -0.3 is 4.90 Å². The number of amides is 1. The van der Waals surface area contributed by atoms with Crippen LogP contribution in [-0.2, 0) is 7.05 Å². The van der Waals surface area contributed by atoms with Crippen molar-refractivity contribution in [1.82, 2.24) is 24.0 Å². The summed E-state index contributed by atoms with van der Waals surface area (Å²) in [5.74, 6) is 0.516. The molecule has 1 aromatic carbocycles. The van der Waals surface area contributed by atoms with Gasteiger partial charge in [-0.2, -0.15) is 0 Å². The Morgan fingerprint density at radius 1 is 1.26 bits per heavy atom. The molecule has 3 rings (SSSR count). The smallest absolute Gasteiger partial charge is 0.327 e. The molecular formula is C16H17N5O2. The summed E-state index contributed by atoms with van der Waals surface area (Å²) in [6, 6.07) is 9.10. The van der Waals surface area contributed by atoms with Crippen LogP contribution < -0.4 is 5.69 Å². The molecule has 0 N–H and O–H groups in total. The van der Waals surface area contributed by atoms with E-state index in [1.165, 1.54) is 15.7 Å². The van der Waals surface area contributed by atoms with Gasteiger partial charge in [0, 0.05) is 26.2 Å². The lowest BCUT2D eigenvalue weighted by molar-refractivity contribution is 0.212. The molecule has 0 atom stereocenters. The van der Waals surface area contributed by atoms with Crippen LogP contribution in [0.25, 0.3) is 22.6 Å². The van der Waals surface area contributed by atoms with Crippen LogP contribution in [0.4, 0.5) is 4.79 Å². The van der Waals surface area contributed by atoms with Crippen LogP contribution in [0.1, 0.15) is 6.92 Å². The molecule has 0 unspecified atom stereocenters. The SMILES string of the molecule is CCN(C)C(=O)n1c(=O)n(C)c2nc(-c3ccccc3)ncc21. The van der Waals surface area contributed by atoms with Gasteiger partial charge in [-0.25, -0.2) is 24.1 Å². The Morgan fingerprint density at radius 2 is 1.96 bits per heavy atom. The van der Waals surface area contributed by atoms with Gasteiger partial charge >= 0.3 is 11.7 Å². The van der Waals surface area contributed by atoms with Gasteiger partial charge in [0.2, 0.25) is 0 Å². The zero-order valence-corrected chi connectivity index (χ0v) is 13.2. The van der Waals surface area contributed by atoms with Crippen molar-refractivity contribution in [2.24, 2.45) is 7.05 Å². The van der Waals surface area contributed by atoms with Crippen molar-refractivity contribution in [3.63, 3.8) is 0 Å². The van der Waals surface area contributed by atoms with Crippen LogP contribution in [0.3, 0.4) is 0 Å². The minimum atomic E-state index is -0.426. The number of imidazole rings is 1. The Labute approximate surface area is 132 Å². The molecule has 2 heterocycles. The number of benzene rings is 1. The first-order chi connectivity index (χ1) is 11.0. The van der Waals surface area contributed by atoms with Crippen molar-refractivity contribution in [3.8, 4) is 11.4 Å². The molecule has 0 aliphatic rings. The number of nitrogens with zero attached hydrogens (tertiary/aromatic N) is 5. The van der Waals surface area contributed by atoms with E-state index in [9.17, 15) is 9.59 Å². The average molecular weight is 311 g/mol. The zero-order valence-electron chi connectivity index (χ0n) is 13.2. The molecule has 0 bridgehead atoms. The lowest BCUT2D eigenvalue weighted by Crippen LogP contribution is -2.37. The van der Waals surface area contributed by atoms with Crippen LogP contribution in [0.2, 0.25) is 0 Å². The fraction of sp³-hybridized carbons (Fsp3) is 0.250. The molecule has 118 valence electrons. The van der Waals surface area contributed by atoms with Gasteiger partial charge in [0.25, 0.3) is 0 Å². The Morgan fingerprint density at radius 3 is 2.61 bits per heavy atom. The van der Waals surface area contributed by atoms with E-state index in [-0.39, 0.29) is 6.03 Å². The van der Waals surface area contributed by atoms with Crippen LogP contribution in [-0.4, -0.2) is 43.6 Å². The first-order valence-corrected chi connectivity index (χ1v) is 7.30. The van der Waals surface area contributed by atoms with E-state index in [2.05, 4.69) is 9.97 Å². The van der Waals surface area contributed by atoms with Crippen molar-refractivity contribution < 1.29 is 4.79 Å². The summed E-state index contributed by atoms with van der Waals surface area (Å²) in [5, 5.41) is 0. The van der Waals surface area contributed by atoms with Crippen LogP contribution in [0, 0.1) is 0 Å². The van der Waals surface area contributed by atoms with Gasteiger partial charge in [-0.15, -0.1) is 0 Å². The summed E-state index contributed by atoms with van der Waals surface area (Å²) in [4.78, 5) is 35.0. The number of rotatable bonds is 2.